The van der Waals surface area contributed by atoms with E-state index >= 15 is 0 Å². The summed E-state index contributed by atoms with van der Waals surface area (Å²) in [5.74, 6) is 6.94. The Morgan fingerprint density at radius 2 is 2.00 bits per heavy atom. The number of hydrogen-bond donors (Lipinski definition) is 1. The Kier molecular flexibility index (Phi) is 6.21. The molecule has 0 radical (unpaired) electrons. The maximum atomic E-state index is 8.58. The van der Waals surface area contributed by atoms with E-state index < -0.39 is 0 Å². The molecular formula is C15H20O2. The monoisotopic (exact) mass is 232 g/mol. The molecule has 0 fully saturated rings. The zero-order valence-corrected chi connectivity index (χ0v) is 10.6. The van der Waals surface area contributed by atoms with Crippen molar-refractivity contribution in [2.45, 2.75) is 26.7 Å². The molecule has 1 aromatic rings. The number of benzene rings is 1. The minimum absolute atomic E-state index is 0.104. The second-order valence-corrected chi connectivity index (χ2v) is 4.19. The van der Waals surface area contributed by atoms with Gasteiger partial charge in [0.15, 0.2) is 0 Å². The van der Waals surface area contributed by atoms with E-state index in [1.807, 2.05) is 24.3 Å². The van der Waals surface area contributed by atoms with Gasteiger partial charge in [0.25, 0.3) is 0 Å². The predicted octanol–water partition coefficient (Wildman–Crippen LogP) is 2.85. The van der Waals surface area contributed by atoms with Crippen LogP contribution in [-0.4, -0.2) is 18.3 Å². The summed E-state index contributed by atoms with van der Waals surface area (Å²) in [5, 5.41) is 8.58. The summed E-state index contributed by atoms with van der Waals surface area (Å²) in [4.78, 5) is 0. The first-order chi connectivity index (χ1) is 8.26. The van der Waals surface area contributed by atoms with Crippen LogP contribution in [0.5, 0.6) is 5.75 Å². The minimum atomic E-state index is -0.104. The lowest BCUT2D eigenvalue weighted by Crippen LogP contribution is -2.07. The lowest BCUT2D eigenvalue weighted by Gasteiger charge is -2.11. The SMILES string of the molecule is CCCC(C)COc1ccc(C#CCO)cc1. The van der Waals surface area contributed by atoms with Crippen LogP contribution in [0.1, 0.15) is 32.3 Å². The van der Waals surface area contributed by atoms with Crippen molar-refractivity contribution in [2.24, 2.45) is 5.92 Å². The van der Waals surface area contributed by atoms with Crippen LogP contribution in [0.15, 0.2) is 24.3 Å². The molecule has 0 amide bonds. The molecule has 17 heavy (non-hydrogen) atoms. The van der Waals surface area contributed by atoms with Crippen molar-refractivity contribution in [1.29, 1.82) is 0 Å². The molecule has 92 valence electrons. The highest BCUT2D eigenvalue weighted by Crippen LogP contribution is 2.14. The minimum Gasteiger partial charge on any atom is -0.493 e. The van der Waals surface area contributed by atoms with Gasteiger partial charge in [0.05, 0.1) is 6.61 Å². The standard InChI is InChI=1S/C15H20O2/c1-3-5-13(2)12-17-15-9-7-14(8-10-15)6-4-11-16/h7-10,13,16H,3,5,11-12H2,1-2H3. The Hall–Kier alpha value is -1.46. The van der Waals surface area contributed by atoms with Gasteiger partial charge >= 0.3 is 0 Å². The number of rotatable bonds is 5. The van der Waals surface area contributed by atoms with E-state index in [0.29, 0.717) is 5.92 Å². The first kappa shape index (κ1) is 13.6. The van der Waals surface area contributed by atoms with Crippen LogP contribution < -0.4 is 4.74 Å². The van der Waals surface area contributed by atoms with Crippen LogP contribution in [0, 0.1) is 17.8 Å². The topological polar surface area (TPSA) is 29.5 Å². The average Bonchev–Trinajstić information content (AvgIpc) is 2.35. The van der Waals surface area contributed by atoms with Gasteiger partial charge in [0, 0.05) is 5.56 Å². The molecule has 0 aliphatic carbocycles. The number of aliphatic hydroxyl groups is 1. The summed E-state index contributed by atoms with van der Waals surface area (Å²) >= 11 is 0. The molecule has 2 heteroatoms. The Morgan fingerprint density at radius 3 is 2.59 bits per heavy atom. The molecular weight excluding hydrogens is 212 g/mol. The number of hydrogen-bond acceptors (Lipinski definition) is 2. The van der Waals surface area contributed by atoms with Crippen molar-refractivity contribution >= 4 is 0 Å². The van der Waals surface area contributed by atoms with Crippen molar-refractivity contribution in [3.63, 3.8) is 0 Å². The molecule has 0 saturated carbocycles. The van der Waals surface area contributed by atoms with Gasteiger partial charge in [-0.25, -0.2) is 0 Å². The van der Waals surface area contributed by atoms with E-state index in [4.69, 9.17) is 9.84 Å². The molecule has 1 aromatic carbocycles. The van der Waals surface area contributed by atoms with Gasteiger partial charge in [0.2, 0.25) is 0 Å². The van der Waals surface area contributed by atoms with E-state index in [0.717, 1.165) is 17.9 Å². The van der Waals surface area contributed by atoms with Gasteiger partial charge in [-0.15, -0.1) is 0 Å². The summed E-state index contributed by atoms with van der Waals surface area (Å²) in [6.45, 7) is 5.04. The second-order valence-electron chi connectivity index (χ2n) is 4.19. The smallest absolute Gasteiger partial charge is 0.119 e. The zero-order valence-electron chi connectivity index (χ0n) is 10.6. The molecule has 0 aliphatic rings. The molecule has 0 heterocycles. The van der Waals surface area contributed by atoms with E-state index in [1.54, 1.807) is 0 Å². The van der Waals surface area contributed by atoms with E-state index in [9.17, 15) is 0 Å². The molecule has 1 atom stereocenters. The van der Waals surface area contributed by atoms with Crippen molar-refractivity contribution in [3.05, 3.63) is 29.8 Å². The van der Waals surface area contributed by atoms with Gasteiger partial charge in [-0.2, -0.15) is 0 Å². The quantitative estimate of drug-likeness (QED) is 0.791. The largest absolute Gasteiger partial charge is 0.493 e. The first-order valence-corrected chi connectivity index (χ1v) is 6.08. The maximum Gasteiger partial charge on any atom is 0.119 e. The molecule has 1 unspecified atom stereocenters. The van der Waals surface area contributed by atoms with Crippen LogP contribution in [0.4, 0.5) is 0 Å². The summed E-state index contributed by atoms with van der Waals surface area (Å²) in [6.07, 6.45) is 2.39. The van der Waals surface area contributed by atoms with Gasteiger partial charge in [-0.3, -0.25) is 0 Å². The Labute approximate surface area is 104 Å². The highest BCUT2D eigenvalue weighted by Gasteiger charge is 2.01. The summed E-state index contributed by atoms with van der Waals surface area (Å²) < 4.78 is 5.68. The Morgan fingerprint density at radius 1 is 1.29 bits per heavy atom. The summed E-state index contributed by atoms with van der Waals surface area (Å²) in [5.41, 5.74) is 0.896. The zero-order chi connectivity index (χ0) is 12.5. The van der Waals surface area contributed by atoms with Crippen LogP contribution >= 0.6 is 0 Å². The Balaban J connectivity index is 2.45. The van der Waals surface area contributed by atoms with Crippen LogP contribution in [0.25, 0.3) is 0 Å². The van der Waals surface area contributed by atoms with E-state index in [2.05, 4.69) is 25.7 Å². The Bertz CT molecular complexity index is 370. The molecule has 2 nitrogen and oxygen atoms in total. The normalized spacial score (nSPS) is 11.5. The lowest BCUT2D eigenvalue weighted by molar-refractivity contribution is 0.251. The molecule has 0 aromatic heterocycles. The van der Waals surface area contributed by atoms with Crippen LogP contribution in [0.3, 0.4) is 0 Å². The van der Waals surface area contributed by atoms with Crippen molar-refractivity contribution < 1.29 is 9.84 Å². The van der Waals surface area contributed by atoms with Crippen molar-refractivity contribution in [1.82, 2.24) is 0 Å². The predicted molar refractivity (Wildman–Crippen MR) is 70.0 cm³/mol. The highest BCUT2D eigenvalue weighted by atomic mass is 16.5. The van der Waals surface area contributed by atoms with Crippen molar-refractivity contribution in [3.8, 4) is 17.6 Å². The third-order valence-electron chi connectivity index (χ3n) is 2.48. The maximum absolute atomic E-state index is 8.58. The molecule has 1 rings (SSSR count). The second kappa shape index (κ2) is 7.76. The summed E-state index contributed by atoms with van der Waals surface area (Å²) in [7, 11) is 0. The van der Waals surface area contributed by atoms with Crippen LogP contribution in [0.2, 0.25) is 0 Å². The average molecular weight is 232 g/mol. The van der Waals surface area contributed by atoms with E-state index in [-0.39, 0.29) is 6.61 Å². The van der Waals surface area contributed by atoms with Gasteiger partial charge < -0.3 is 9.84 Å². The van der Waals surface area contributed by atoms with Gasteiger partial charge in [-0.05, 0) is 36.6 Å². The van der Waals surface area contributed by atoms with Crippen molar-refractivity contribution in [2.75, 3.05) is 13.2 Å². The molecule has 0 aliphatic heterocycles. The molecule has 0 bridgehead atoms. The van der Waals surface area contributed by atoms with E-state index in [1.165, 1.54) is 12.8 Å². The molecule has 0 spiro atoms. The van der Waals surface area contributed by atoms with Gasteiger partial charge in [-0.1, -0.05) is 32.1 Å². The third kappa shape index (κ3) is 5.42. The fourth-order valence-corrected chi connectivity index (χ4v) is 1.59. The lowest BCUT2D eigenvalue weighted by atomic mass is 10.1. The number of aliphatic hydroxyl groups excluding tert-OH is 1. The van der Waals surface area contributed by atoms with Gasteiger partial charge in [0.1, 0.15) is 12.4 Å². The fraction of sp³-hybridized carbons (Fsp3) is 0.467. The highest BCUT2D eigenvalue weighted by molar-refractivity contribution is 5.38. The molecule has 0 saturated heterocycles. The first-order valence-electron chi connectivity index (χ1n) is 6.08. The van der Waals surface area contributed by atoms with Crippen LogP contribution in [-0.2, 0) is 0 Å². The molecule has 1 N–H and O–H groups in total. The number of ether oxygens (including phenoxy) is 1. The summed E-state index contributed by atoms with van der Waals surface area (Å²) in [6, 6.07) is 7.64. The third-order valence-corrected chi connectivity index (χ3v) is 2.48. The fourth-order valence-electron chi connectivity index (χ4n) is 1.59.